The van der Waals surface area contributed by atoms with E-state index in [2.05, 4.69) is 15.4 Å². The molecule has 2 aromatic rings. The fourth-order valence-corrected chi connectivity index (χ4v) is 3.02. The second-order valence-electron chi connectivity index (χ2n) is 6.64. The molecule has 1 aromatic carbocycles. The van der Waals surface area contributed by atoms with Crippen LogP contribution in [0.4, 0.5) is 17.6 Å². The molecule has 0 radical (unpaired) electrons. The van der Waals surface area contributed by atoms with E-state index < -0.39 is 17.9 Å². The number of aromatic nitrogens is 4. The number of piperidine rings is 1. The van der Waals surface area contributed by atoms with Crippen molar-refractivity contribution >= 4 is 12.0 Å². The highest BCUT2D eigenvalue weighted by atomic mass is 19.4. The molecule has 1 amide bonds. The van der Waals surface area contributed by atoms with Gasteiger partial charge in [0.05, 0.1) is 18.7 Å². The molecule has 10 heteroatoms. The molecule has 6 nitrogen and oxygen atoms in total. The maximum Gasteiger partial charge on any atom is 0.416 e. The molecule has 1 aliphatic rings. The number of carbonyl (C=O) groups is 1. The van der Waals surface area contributed by atoms with Crippen molar-refractivity contribution in [2.75, 3.05) is 13.1 Å². The highest BCUT2D eigenvalue weighted by molar-refractivity contribution is 5.92. The lowest BCUT2D eigenvalue weighted by Crippen LogP contribution is -2.39. The van der Waals surface area contributed by atoms with Crippen molar-refractivity contribution in [1.82, 2.24) is 25.1 Å². The minimum atomic E-state index is -4.50. The topological polar surface area (TPSA) is 63.9 Å². The maximum atomic E-state index is 13.5. The van der Waals surface area contributed by atoms with Gasteiger partial charge in [0.2, 0.25) is 5.91 Å². The highest BCUT2D eigenvalue weighted by Gasteiger charge is 2.31. The van der Waals surface area contributed by atoms with Crippen molar-refractivity contribution in [3.05, 3.63) is 46.8 Å². The van der Waals surface area contributed by atoms with Crippen LogP contribution in [-0.2, 0) is 17.5 Å². The van der Waals surface area contributed by atoms with Crippen molar-refractivity contribution in [1.29, 1.82) is 0 Å². The van der Waals surface area contributed by atoms with E-state index in [1.54, 1.807) is 6.92 Å². The van der Waals surface area contributed by atoms with Gasteiger partial charge >= 0.3 is 6.18 Å². The van der Waals surface area contributed by atoms with E-state index in [0.29, 0.717) is 36.3 Å². The third-order valence-electron chi connectivity index (χ3n) is 4.42. The Morgan fingerprint density at radius 1 is 1.36 bits per heavy atom. The van der Waals surface area contributed by atoms with Crippen LogP contribution in [-0.4, -0.2) is 50.3 Å². The Kier molecular flexibility index (Phi) is 5.76. The minimum Gasteiger partial charge on any atom is -0.336 e. The van der Waals surface area contributed by atoms with Crippen LogP contribution in [0.5, 0.6) is 0 Å². The third-order valence-corrected chi connectivity index (χ3v) is 4.42. The first-order valence-corrected chi connectivity index (χ1v) is 8.78. The van der Waals surface area contributed by atoms with E-state index in [1.165, 1.54) is 27.9 Å². The molecule has 1 aromatic heterocycles. The second kappa shape index (κ2) is 8.07. The zero-order chi connectivity index (χ0) is 20.3. The molecule has 1 fully saturated rings. The first-order valence-electron chi connectivity index (χ1n) is 8.78. The quantitative estimate of drug-likeness (QED) is 0.588. The second-order valence-corrected chi connectivity index (χ2v) is 6.64. The van der Waals surface area contributed by atoms with Crippen LogP contribution in [0.3, 0.4) is 0 Å². The van der Waals surface area contributed by atoms with Gasteiger partial charge in [0.15, 0.2) is 5.82 Å². The maximum absolute atomic E-state index is 13.5. The summed E-state index contributed by atoms with van der Waals surface area (Å²) in [5.74, 6) is 0.0213. The third kappa shape index (κ3) is 4.93. The lowest BCUT2D eigenvalue weighted by atomic mass is 10.0. The molecule has 0 unspecified atom stereocenters. The number of hydrogen-bond donors (Lipinski definition) is 0. The van der Waals surface area contributed by atoms with E-state index in [1.807, 2.05) is 0 Å². The van der Waals surface area contributed by atoms with Gasteiger partial charge in [0, 0.05) is 12.6 Å². The Balaban J connectivity index is 1.85. The van der Waals surface area contributed by atoms with Crippen molar-refractivity contribution < 1.29 is 22.4 Å². The van der Waals surface area contributed by atoms with Crippen molar-refractivity contribution in [3.8, 4) is 0 Å². The van der Waals surface area contributed by atoms with Crippen LogP contribution in [0.15, 0.2) is 24.3 Å². The van der Waals surface area contributed by atoms with Crippen LogP contribution in [0, 0.1) is 6.92 Å². The Labute approximate surface area is 158 Å². The van der Waals surface area contributed by atoms with Crippen molar-refractivity contribution in [2.45, 2.75) is 38.7 Å². The first kappa shape index (κ1) is 20.0. The van der Waals surface area contributed by atoms with Crippen LogP contribution < -0.4 is 0 Å². The molecule has 0 bridgehead atoms. The number of nitrogens with zero attached hydrogens (tertiary/aromatic N) is 5. The van der Waals surface area contributed by atoms with E-state index in [4.69, 9.17) is 0 Å². The van der Waals surface area contributed by atoms with E-state index >= 15 is 0 Å². The number of amides is 1. The molecular weight excluding hydrogens is 378 g/mol. The SMILES string of the molecule is Cc1nnn(Cc2cc(C(F)(F)F)ccc2/C=C/C(=O)N2CCC[C@H](F)C2)n1. The largest absolute Gasteiger partial charge is 0.416 e. The Hall–Kier alpha value is -2.78. The summed E-state index contributed by atoms with van der Waals surface area (Å²) in [5.41, 5.74) is -0.0949. The molecule has 150 valence electrons. The zero-order valence-electron chi connectivity index (χ0n) is 15.2. The minimum absolute atomic E-state index is 0.0328. The van der Waals surface area contributed by atoms with E-state index in [-0.39, 0.29) is 19.0 Å². The number of likely N-dealkylation sites (tertiary alicyclic amines) is 1. The molecule has 0 spiro atoms. The standard InChI is InChI=1S/C18H19F4N5O/c1-12-23-25-27(24-12)10-14-9-15(18(20,21)22)6-4-13(14)5-7-17(28)26-8-2-3-16(19)11-26/h4-7,9,16H,2-3,8,10-11H2,1H3/b7-5+/t16-/m0/s1. The summed E-state index contributed by atoms with van der Waals surface area (Å²) in [6.45, 7) is 2.08. The summed E-state index contributed by atoms with van der Waals surface area (Å²) in [5, 5.41) is 11.5. The lowest BCUT2D eigenvalue weighted by Gasteiger charge is -2.28. The van der Waals surface area contributed by atoms with Gasteiger partial charge in [0.1, 0.15) is 6.17 Å². The number of carbonyl (C=O) groups excluding carboxylic acids is 1. The Bertz CT molecular complexity index is 877. The normalized spacial score (nSPS) is 18.0. The summed E-state index contributed by atoms with van der Waals surface area (Å²) >= 11 is 0. The first-order chi connectivity index (χ1) is 13.2. The average Bonchev–Trinajstić information content (AvgIpc) is 3.04. The molecule has 28 heavy (non-hydrogen) atoms. The molecule has 3 rings (SSSR count). The van der Waals surface area contributed by atoms with Crippen LogP contribution in [0.25, 0.3) is 6.08 Å². The van der Waals surface area contributed by atoms with Crippen LogP contribution in [0.1, 0.15) is 35.4 Å². The molecule has 1 saturated heterocycles. The number of tetrazole rings is 1. The molecule has 0 aliphatic carbocycles. The van der Waals surface area contributed by atoms with Gasteiger partial charge in [-0.15, -0.1) is 10.2 Å². The van der Waals surface area contributed by atoms with Crippen molar-refractivity contribution in [3.63, 3.8) is 0 Å². The monoisotopic (exact) mass is 397 g/mol. The van der Waals surface area contributed by atoms with E-state index in [0.717, 1.165) is 12.1 Å². The van der Waals surface area contributed by atoms with Crippen LogP contribution >= 0.6 is 0 Å². The summed E-state index contributed by atoms with van der Waals surface area (Å²) in [7, 11) is 0. The van der Waals surface area contributed by atoms with Gasteiger partial charge in [-0.25, -0.2) is 4.39 Å². The molecule has 1 aliphatic heterocycles. The Morgan fingerprint density at radius 3 is 2.79 bits per heavy atom. The van der Waals surface area contributed by atoms with Gasteiger partial charge < -0.3 is 4.90 Å². The van der Waals surface area contributed by atoms with Crippen LogP contribution in [0.2, 0.25) is 0 Å². The number of halogens is 4. The fourth-order valence-electron chi connectivity index (χ4n) is 3.02. The fraction of sp³-hybridized carbons (Fsp3) is 0.444. The smallest absolute Gasteiger partial charge is 0.336 e. The predicted molar refractivity (Wildman–Crippen MR) is 92.8 cm³/mol. The molecule has 0 saturated carbocycles. The summed E-state index contributed by atoms with van der Waals surface area (Å²) in [4.78, 5) is 14.9. The number of alkyl halides is 4. The Morgan fingerprint density at radius 2 is 2.14 bits per heavy atom. The summed E-state index contributed by atoms with van der Waals surface area (Å²) in [6.07, 6.45) is -1.84. The highest BCUT2D eigenvalue weighted by Crippen LogP contribution is 2.31. The van der Waals surface area contributed by atoms with Gasteiger partial charge in [-0.2, -0.15) is 18.0 Å². The average molecular weight is 397 g/mol. The molecular formula is C18H19F4N5O. The lowest BCUT2D eigenvalue weighted by molar-refractivity contribution is -0.137. The number of rotatable bonds is 4. The molecule has 2 heterocycles. The zero-order valence-corrected chi connectivity index (χ0v) is 15.2. The van der Waals surface area contributed by atoms with Gasteiger partial charge in [-0.1, -0.05) is 6.07 Å². The number of benzene rings is 1. The summed E-state index contributed by atoms with van der Waals surface area (Å²) < 4.78 is 52.7. The van der Waals surface area contributed by atoms with Crippen molar-refractivity contribution in [2.24, 2.45) is 0 Å². The molecule has 0 N–H and O–H groups in total. The predicted octanol–water partition coefficient (Wildman–Crippen LogP) is 3.02. The summed E-state index contributed by atoms with van der Waals surface area (Å²) in [6, 6.07) is 3.24. The molecule has 1 atom stereocenters. The van der Waals surface area contributed by atoms with Gasteiger partial charge in [-0.05, 0) is 54.3 Å². The number of hydrogen-bond acceptors (Lipinski definition) is 4. The van der Waals surface area contributed by atoms with Gasteiger partial charge in [-0.3, -0.25) is 4.79 Å². The van der Waals surface area contributed by atoms with Gasteiger partial charge in [0.25, 0.3) is 0 Å². The number of aryl methyl sites for hydroxylation is 1. The van der Waals surface area contributed by atoms with E-state index in [9.17, 15) is 22.4 Å².